The summed E-state index contributed by atoms with van der Waals surface area (Å²) in [7, 11) is 0. The van der Waals surface area contributed by atoms with E-state index >= 15 is 0 Å². The number of morpholine rings is 1. The Bertz CT molecular complexity index is 836. The van der Waals surface area contributed by atoms with Crippen molar-refractivity contribution in [2.24, 2.45) is 0 Å². The van der Waals surface area contributed by atoms with E-state index in [2.05, 4.69) is 15.5 Å². The van der Waals surface area contributed by atoms with Crippen LogP contribution < -0.4 is 15.5 Å². The molecule has 1 fully saturated rings. The molecule has 0 unspecified atom stereocenters. The molecule has 1 aliphatic rings. The van der Waals surface area contributed by atoms with Gasteiger partial charge in [-0.05, 0) is 55.1 Å². The largest absolute Gasteiger partial charge is 0.378 e. The second kappa shape index (κ2) is 11.0. The number of hydrogen-bond acceptors (Lipinski definition) is 5. The third-order valence-corrected chi connectivity index (χ3v) is 5.09. The van der Waals surface area contributed by atoms with Crippen LogP contribution in [0.15, 0.2) is 48.5 Å². The van der Waals surface area contributed by atoms with Crippen molar-refractivity contribution in [3.05, 3.63) is 53.6 Å². The van der Waals surface area contributed by atoms with Gasteiger partial charge in [0.05, 0.1) is 26.3 Å². The lowest BCUT2D eigenvalue weighted by Crippen LogP contribution is -2.38. The summed E-state index contributed by atoms with van der Waals surface area (Å²) in [5, 5.41) is 6.31. The summed E-state index contributed by atoms with van der Waals surface area (Å²) in [5.41, 5.74) is 2.52. The van der Waals surface area contributed by atoms with Crippen molar-refractivity contribution in [1.82, 2.24) is 4.90 Å². The number of nitrogens with one attached hydrogen (secondary N) is 2. The van der Waals surface area contributed by atoms with Gasteiger partial charge in [0.2, 0.25) is 11.8 Å². The molecule has 30 heavy (non-hydrogen) atoms. The lowest BCUT2D eigenvalue weighted by molar-refractivity contribution is -0.119. The molecule has 0 saturated carbocycles. The van der Waals surface area contributed by atoms with Crippen molar-refractivity contribution in [1.29, 1.82) is 0 Å². The summed E-state index contributed by atoms with van der Waals surface area (Å²) >= 11 is 5.85. The second-order valence-corrected chi connectivity index (χ2v) is 7.49. The van der Waals surface area contributed by atoms with Gasteiger partial charge in [-0.15, -0.1) is 0 Å². The van der Waals surface area contributed by atoms with Gasteiger partial charge in [-0.3, -0.25) is 14.5 Å². The maximum absolute atomic E-state index is 12.4. The van der Waals surface area contributed by atoms with Crippen LogP contribution >= 0.6 is 11.6 Å². The number of halogens is 1. The van der Waals surface area contributed by atoms with E-state index in [4.69, 9.17) is 16.3 Å². The van der Waals surface area contributed by atoms with Gasteiger partial charge in [0.1, 0.15) is 0 Å². The molecular weight excluding hydrogens is 404 g/mol. The molecule has 0 atom stereocenters. The van der Waals surface area contributed by atoms with Crippen molar-refractivity contribution < 1.29 is 14.3 Å². The fourth-order valence-corrected chi connectivity index (χ4v) is 3.32. The molecule has 2 N–H and O–H groups in total. The summed E-state index contributed by atoms with van der Waals surface area (Å²) in [6.07, 6.45) is 0. The summed E-state index contributed by atoms with van der Waals surface area (Å²) < 4.78 is 5.37. The highest BCUT2D eigenvalue weighted by atomic mass is 35.5. The molecule has 0 radical (unpaired) electrons. The van der Waals surface area contributed by atoms with Crippen molar-refractivity contribution in [3.8, 4) is 0 Å². The van der Waals surface area contributed by atoms with Crippen molar-refractivity contribution in [3.63, 3.8) is 0 Å². The highest BCUT2D eigenvalue weighted by Gasteiger charge is 2.14. The molecule has 0 spiro atoms. The number of likely N-dealkylation sites (N-methyl/N-ethyl adjacent to an activating group) is 1. The topological polar surface area (TPSA) is 73.9 Å². The Hall–Kier alpha value is -2.61. The first-order chi connectivity index (χ1) is 14.5. The molecule has 7 nitrogen and oxygen atoms in total. The van der Waals surface area contributed by atoms with E-state index in [-0.39, 0.29) is 24.9 Å². The third-order valence-electron chi connectivity index (χ3n) is 4.84. The first kappa shape index (κ1) is 22.1. The van der Waals surface area contributed by atoms with Gasteiger partial charge < -0.3 is 20.3 Å². The quantitative estimate of drug-likeness (QED) is 0.673. The third kappa shape index (κ3) is 6.73. The standard InChI is InChI=1S/C22H27ClN4O3/c1-2-26(15-21(28)24-18-5-3-17(23)4-6-18)16-22(29)25-19-7-9-20(10-8-19)27-11-13-30-14-12-27/h3-10H,2,11-16H2,1H3,(H,24,28)(H,25,29). The minimum absolute atomic E-state index is 0.127. The summed E-state index contributed by atoms with van der Waals surface area (Å²) in [5.74, 6) is -0.336. The number of carbonyl (C=O) groups is 2. The average Bonchev–Trinajstić information content (AvgIpc) is 2.76. The van der Waals surface area contributed by atoms with Crippen LogP contribution in [0.25, 0.3) is 0 Å². The highest BCUT2D eigenvalue weighted by molar-refractivity contribution is 6.30. The highest BCUT2D eigenvalue weighted by Crippen LogP contribution is 2.19. The Balaban J connectivity index is 1.47. The number of rotatable bonds is 8. The van der Waals surface area contributed by atoms with Crippen LogP contribution in [0.4, 0.5) is 17.1 Å². The summed E-state index contributed by atoms with van der Waals surface area (Å²) in [6, 6.07) is 14.7. The number of anilines is 3. The lowest BCUT2D eigenvalue weighted by Gasteiger charge is -2.29. The fraction of sp³-hybridized carbons (Fsp3) is 0.364. The molecule has 8 heteroatoms. The Morgan fingerprint density at radius 1 is 0.933 bits per heavy atom. The predicted molar refractivity (Wildman–Crippen MR) is 120 cm³/mol. The predicted octanol–water partition coefficient (Wildman–Crippen LogP) is 3.08. The average molecular weight is 431 g/mol. The molecule has 1 aliphatic heterocycles. The zero-order valence-corrected chi connectivity index (χ0v) is 17.8. The minimum Gasteiger partial charge on any atom is -0.378 e. The molecule has 2 amide bonds. The van der Waals surface area contributed by atoms with Gasteiger partial charge in [0.15, 0.2) is 0 Å². The number of ether oxygens (including phenoxy) is 1. The van der Waals surface area contributed by atoms with Crippen molar-refractivity contribution in [2.75, 3.05) is 61.5 Å². The van der Waals surface area contributed by atoms with E-state index in [1.165, 1.54) is 0 Å². The van der Waals surface area contributed by atoms with E-state index in [0.29, 0.717) is 17.3 Å². The molecule has 0 bridgehead atoms. The number of benzene rings is 2. The Morgan fingerprint density at radius 3 is 1.93 bits per heavy atom. The molecule has 2 aromatic rings. The first-order valence-corrected chi connectivity index (χ1v) is 10.4. The molecule has 160 valence electrons. The Morgan fingerprint density at radius 2 is 1.43 bits per heavy atom. The zero-order valence-electron chi connectivity index (χ0n) is 17.1. The number of carbonyl (C=O) groups excluding carboxylic acids is 2. The van der Waals surface area contributed by atoms with E-state index in [1.54, 1.807) is 29.2 Å². The maximum atomic E-state index is 12.4. The van der Waals surface area contributed by atoms with E-state index in [0.717, 1.165) is 37.7 Å². The Labute approximate surface area is 181 Å². The van der Waals surface area contributed by atoms with Gasteiger partial charge in [-0.2, -0.15) is 0 Å². The maximum Gasteiger partial charge on any atom is 0.238 e. The first-order valence-electron chi connectivity index (χ1n) is 10.0. The smallest absolute Gasteiger partial charge is 0.238 e. The molecule has 3 rings (SSSR count). The molecule has 2 aromatic carbocycles. The molecule has 1 heterocycles. The van der Waals surface area contributed by atoms with Crippen LogP contribution in [0.5, 0.6) is 0 Å². The van der Waals surface area contributed by atoms with Crippen LogP contribution in [0.3, 0.4) is 0 Å². The van der Waals surface area contributed by atoms with E-state index in [9.17, 15) is 9.59 Å². The van der Waals surface area contributed by atoms with Crippen LogP contribution in [0.1, 0.15) is 6.92 Å². The van der Waals surface area contributed by atoms with Crippen LogP contribution in [-0.2, 0) is 14.3 Å². The lowest BCUT2D eigenvalue weighted by atomic mass is 10.2. The zero-order chi connectivity index (χ0) is 21.3. The van der Waals surface area contributed by atoms with Crippen LogP contribution in [0, 0.1) is 0 Å². The van der Waals surface area contributed by atoms with Crippen molar-refractivity contribution in [2.45, 2.75) is 6.92 Å². The number of hydrogen-bond donors (Lipinski definition) is 2. The molecule has 1 saturated heterocycles. The van der Waals surface area contributed by atoms with Gasteiger partial charge >= 0.3 is 0 Å². The summed E-state index contributed by atoms with van der Waals surface area (Å²) in [6.45, 7) is 5.97. The monoisotopic (exact) mass is 430 g/mol. The molecule has 0 aromatic heterocycles. The number of amides is 2. The normalized spacial score (nSPS) is 13.9. The SMILES string of the molecule is CCN(CC(=O)Nc1ccc(Cl)cc1)CC(=O)Nc1ccc(N2CCOCC2)cc1. The van der Waals surface area contributed by atoms with Gasteiger partial charge in [-0.25, -0.2) is 0 Å². The van der Waals surface area contributed by atoms with Gasteiger partial charge in [0.25, 0.3) is 0 Å². The van der Waals surface area contributed by atoms with E-state index in [1.807, 2.05) is 31.2 Å². The fourth-order valence-electron chi connectivity index (χ4n) is 3.20. The second-order valence-electron chi connectivity index (χ2n) is 7.05. The van der Waals surface area contributed by atoms with Gasteiger partial charge in [-0.1, -0.05) is 18.5 Å². The summed E-state index contributed by atoms with van der Waals surface area (Å²) in [4.78, 5) is 28.7. The minimum atomic E-state index is -0.179. The molecule has 0 aliphatic carbocycles. The van der Waals surface area contributed by atoms with Gasteiger partial charge in [0, 0.05) is 35.2 Å². The van der Waals surface area contributed by atoms with E-state index < -0.39 is 0 Å². The molecular formula is C22H27ClN4O3. The van der Waals surface area contributed by atoms with Crippen LogP contribution in [-0.4, -0.2) is 62.7 Å². The Kier molecular flexibility index (Phi) is 8.07. The van der Waals surface area contributed by atoms with Crippen LogP contribution in [0.2, 0.25) is 5.02 Å². The number of nitrogens with zero attached hydrogens (tertiary/aromatic N) is 2. The van der Waals surface area contributed by atoms with Crippen molar-refractivity contribution >= 4 is 40.5 Å².